The summed E-state index contributed by atoms with van der Waals surface area (Å²) in [7, 11) is 0. The molecule has 78 valence electrons. The Morgan fingerprint density at radius 2 is 2.15 bits per heavy atom. The first-order valence-corrected chi connectivity index (χ1v) is 6.00. The predicted molar refractivity (Wildman–Crippen MR) is 58.9 cm³/mol. The normalized spacial score (nSPS) is 30.7. The number of nitrogens with one attached hydrogen (secondary N) is 1. The van der Waals surface area contributed by atoms with E-state index in [1.54, 1.807) is 0 Å². The van der Waals surface area contributed by atoms with E-state index in [9.17, 15) is 0 Å². The van der Waals surface area contributed by atoms with E-state index in [4.69, 9.17) is 0 Å². The fourth-order valence-corrected chi connectivity index (χ4v) is 2.35. The van der Waals surface area contributed by atoms with Crippen molar-refractivity contribution >= 4 is 0 Å². The predicted octanol–water partition coefficient (Wildman–Crippen LogP) is 3.34. The van der Waals surface area contributed by atoms with Gasteiger partial charge in [-0.05, 0) is 32.1 Å². The highest BCUT2D eigenvalue weighted by Crippen LogP contribution is 2.25. The zero-order valence-corrected chi connectivity index (χ0v) is 9.47. The van der Waals surface area contributed by atoms with Crippen LogP contribution >= 0.6 is 0 Å². The van der Waals surface area contributed by atoms with Crippen molar-refractivity contribution in [2.24, 2.45) is 5.92 Å². The second kappa shape index (κ2) is 5.64. The zero-order valence-electron chi connectivity index (χ0n) is 9.47. The van der Waals surface area contributed by atoms with Gasteiger partial charge in [-0.3, -0.25) is 0 Å². The molecule has 0 amide bonds. The third kappa shape index (κ3) is 3.68. The minimum Gasteiger partial charge on any atom is -0.311 e. The van der Waals surface area contributed by atoms with Gasteiger partial charge in [-0.25, -0.2) is 0 Å². The van der Waals surface area contributed by atoms with E-state index >= 15 is 0 Å². The van der Waals surface area contributed by atoms with Crippen LogP contribution in [0.5, 0.6) is 0 Å². The van der Waals surface area contributed by atoms with Crippen LogP contribution in [0.2, 0.25) is 0 Å². The van der Waals surface area contributed by atoms with Gasteiger partial charge in [-0.2, -0.15) is 0 Å². The average Bonchev–Trinajstić information content (AvgIpc) is 2.48. The van der Waals surface area contributed by atoms with E-state index in [0.717, 1.165) is 18.0 Å². The summed E-state index contributed by atoms with van der Waals surface area (Å²) in [5, 5.41) is 3.76. The van der Waals surface area contributed by atoms with E-state index in [1.807, 2.05) is 0 Å². The fourth-order valence-electron chi connectivity index (χ4n) is 2.35. The van der Waals surface area contributed by atoms with Crippen LogP contribution in [-0.4, -0.2) is 12.1 Å². The summed E-state index contributed by atoms with van der Waals surface area (Å²) in [5.41, 5.74) is 0. The van der Waals surface area contributed by atoms with E-state index in [0.29, 0.717) is 0 Å². The quantitative estimate of drug-likeness (QED) is 0.689. The highest BCUT2D eigenvalue weighted by atomic mass is 15.0. The SMILES string of the molecule is CCCCC(C)NC1CCCC1C. The van der Waals surface area contributed by atoms with Crippen molar-refractivity contribution in [2.45, 2.75) is 71.4 Å². The molecule has 1 aliphatic carbocycles. The lowest BCUT2D eigenvalue weighted by atomic mass is 10.0. The first-order valence-electron chi connectivity index (χ1n) is 6.00. The van der Waals surface area contributed by atoms with Gasteiger partial charge >= 0.3 is 0 Å². The van der Waals surface area contributed by atoms with Crippen LogP contribution in [0.4, 0.5) is 0 Å². The number of hydrogen-bond acceptors (Lipinski definition) is 1. The molecular weight excluding hydrogens is 158 g/mol. The fraction of sp³-hybridized carbons (Fsp3) is 1.00. The van der Waals surface area contributed by atoms with Crippen LogP contribution < -0.4 is 5.32 Å². The van der Waals surface area contributed by atoms with Crippen molar-refractivity contribution in [1.29, 1.82) is 0 Å². The largest absolute Gasteiger partial charge is 0.311 e. The topological polar surface area (TPSA) is 12.0 Å². The Morgan fingerprint density at radius 3 is 2.69 bits per heavy atom. The van der Waals surface area contributed by atoms with Crippen molar-refractivity contribution in [1.82, 2.24) is 5.32 Å². The molecule has 0 radical (unpaired) electrons. The van der Waals surface area contributed by atoms with Gasteiger partial charge in [0.25, 0.3) is 0 Å². The molecule has 0 bridgehead atoms. The average molecular weight is 183 g/mol. The van der Waals surface area contributed by atoms with Gasteiger partial charge in [0.1, 0.15) is 0 Å². The van der Waals surface area contributed by atoms with Gasteiger partial charge < -0.3 is 5.32 Å². The summed E-state index contributed by atoms with van der Waals surface area (Å²) < 4.78 is 0. The van der Waals surface area contributed by atoms with Crippen LogP contribution in [0.1, 0.15) is 59.3 Å². The minimum atomic E-state index is 0.727. The van der Waals surface area contributed by atoms with E-state index in [1.165, 1.54) is 38.5 Å². The highest BCUT2D eigenvalue weighted by molar-refractivity contribution is 4.82. The van der Waals surface area contributed by atoms with E-state index < -0.39 is 0 Å². The van der Waals surface area contributed by atoms with Crippen molar-refractivity contribution in [3.63, 3.8) is 0 Å². The molecule has 0 heterocycles. The third-order valence-electron chi connectivity index (χ3n) is 3.35. The Morgan fingerprint density at radius 1 is 1.38 bits per heavy atom. The molecule has 1 saturated carbocycles. The Labute approximate surface area is 83.3 Å². The summed E-state index contributed by atoms with van der Waals surface area (Å²) in [6, 6.07) is 1.54. The molecule has 1 nitrogen and oxygen atoms in total. The number of hydrogen-bond donors (Lipinski definition) is 1. The molecule has 0 aromatic rings. The molecule has 1 heteroatoms. The molecule has 13 heavy (non-hydrogen) atoms. The Balaban J connectivity index is 2.15. The maximum absolute atomic E-state index is 3.76. The monoisotopic (exact) mass is 183 g/mol. The van der Waals surface area contributed by atoms with Gasteiger partial charge in [0, 0.05) is 12.1 Å². The highest BCUT2D eigenvalue weighted by Gasteiger charge is 2.23. The molecule has 1 aliphatic rings. The Kier molecular flexibility index (Phi) is 4.79. The van der Waals surface area contributed by atoms with Gasteiger partial charge in [0.05, 0.1) is 0 Å². The number of unbranched alkanes of at least 4 members (excludes halogenated alkanes) is 1. The van der Waals surface area contributed by atoms with Crippen LogP contribution in [0.3, 0.4) is 0 Å². The van der Waals surface area contributed by atoms with Crippen molar-refractivity contribution in [2.75, 3.05) is 0 Å². The Hall–Kier alpha value is -0.0400. The van der Waals surface area contributed by atoms with Crippen LogP contribution in [0.15, 0.2) is 0 Å². The van der Waals surface area contributed by atoms with Crippen LogP contribution in [0.25, 0.3) is 0 Å². The maximum Gasteiger partial charge on any atom is 0.00951 e. The standard InChI is InChI=1S/C12H25N/c1-4-5-8-11(3)13-12-9-6-7-10(12)2/h10-13H,4-9H2,1-3H3. The minimum absolute atomic E-state index is 0.727. The number of rotatable bonds is 5. The lowest BCUT2D eigenvalue weighted by Gasteiger charge is -2.22. The molecule has 1 rings (SSSR count). The molecule has 1 fully saturated rings. The molecule has 1 N–H and O–H groups in total. The molecule has 0 aromatic carbocycles. The van der Waals surface area contributed by atoms with Crippen LogP contribution in [-0.2, 0) is 0 Å². The molecule has 0 aromatic heterocycles. The summed E-state index contributed by atoms with van der Waals surface area (Å²) in [6.07, 6.45) is 8.30. The lowest BCUT2D eigenvalue weighted by Crippen LogP contribution is -2.37. The second-order valence-corrected chi connectivity index (χ2v) is 4.72. The van der Waals surface area contributed by atoms with Crippen molar-refractivity contribution in [3.8, 4) is 0 Å². The molecular formula is C12H25N. The van der Waals surface area contributed by atoms with Crippen LogP contribution in [0, 0.1) is 5.92 Å². The van der Waals surface area contributed by atoms with Crippen molar-refractivity contribution in [3.05, 3.63) is 0 Å². The smallest absolute Gasteiger partial charge is 0.00951 e. The van der Waals surface area contributed by atoms with Gasteiger partial charge in [-0.15, -0.1) is 0 Å². The van der Waals surface area contributed by atoms with E-state index in [-0.39, 0.29) is 0 Å². The summed E-state index contributed by atoms with van der Waals surface area (Å²) in [4.78, 5) is 0. The van der Waals surface area contributed by atoms with Crippen molar-refractivity contribution < 1.29 is 0 Å². The zero-order chi connectivity index (χ0) is 9.68. The molecule has 0 saturated heterocycles. The summed E-state index contributed by atoms with van der Waals surface area (Å²) in [6.45, 7) is 6.99. The lowest BCUT2D eigenvalue weighted by molar-refractivity contribution is 0.367. The second-order valence-electron chi connectivity index (χ2n) is 4.72. The molecule has 0 aliphatic heterocycles. The molecule has 0 spiro atoms. The maximum atomic E-state index is 3.76. The Bertz CT molecular complexity index is 133. The first kappa shape index (κ1) is 11.0. The van der Waals surface area contributed by atoms with Gasteiger partial charge in [0.2, 0.25) is 0 Å². The van der Waals surface area contributed by atoms with Gasteiger partial charge in [0.15, 0.2) is 0 Å². The van der Waals surface area contributed by atoms with E-state index in [2.05, 4.69) is 26.1 Å². The summed E-state index contributed by atoms with van der Waals surface area (Å²) in [5.74, 6) is 0.907. The van der Waals surface area contributed by atoms with Gasteiger partial charge in [-0.1, -0.05) is 33.1 Å². The molecule has 3 unspecified atom stereocenters. The summed E-state index contributed by atoms with van der Waals surface area (Å²) >= 11 is 0. The third-order valence-corrected chi connectivity index (χ3v) is 3.35. The molecule has 3 atom stereocenters. The first-order chi connectivity index (χ1) is 6.24.